The molecule has 0 saturated carbocycles. The van der Waals surface area contributed by atoms with Crippen LogP contribution in [0.1, 0.15) is 39.9 Å². The lowest BCUT2D eigenvalue weighted by Gasteiger charge is -2.17. The first-order valence-electron chi connectivity index (χ1n) is 8.85. The highest BCUT2D eigenvalue weighted by molar-refractivity contribution is 5.94. The van der Waals surface area contributed by atoms with E-state index in [1.54, 1.807) is 20.2 Å². The van der Waals surface area contributed by atoms with E-state index in [0.29, 0.717) is 18.0 Å². The van der Waals surface area contributed by atoms with E-state index >= 15 is 0 Å². The number of carbonyl (C=O) groups is 1. The number of benzene rings is 2. The van der Waals surface area contributed by atoms with Crippen molar-refractivity contribution in [1.82, 2.24) is 16.0 Å². The summed E-state index contributed by atoms with van der Waals surface area (Å²) in [7, 11) is 3.39. The van der Waals surface area contributed by atoms with Crippen LogP contribution in [0.5, 0.6) is 0 Å². The fraction of sp³-hybridized carbons (Fsp3) is 0.333. The van der Waals surface area contributed by atoms with Gasteiger partial charge in [-0.2, -0.15) is 0 Å². The number of hydrogen-bond acceptors (Lipinski definition) is 2. The van der Waals surface area contributed by atoms with E-state index in [1.807, 2.05) is 18.2 Å². The molecule has 0 aliphatic rings. The van der Waals surface area contributed by atoms with Gasteiger partial charge in [0, 0.05) is 32.7 Å². The molecule has 2 aromatic rings. The molecule has 5 heteroatoms. The molecule has 26 heavy (non-hydrogen) atoms. The highest BCUT2D eigenvalue weighted by atomic mass is 16.1. The van der Waals surface area contributed by atoms with E-state index in [9.17, 15) is 4.79 Å². The lowest BCUT2D eigenvalue weighted by molar-refractivity contribution is 0.0963. The average Bonchev–Trinajstić information content (AvgIpc) is 2.67. The van der Waals surface area contributed by atoms with Crippen molar-refractivity contribution in [2.24, 2.45) is 4.99 Å². The molecule has 0 bridgehead atoms. The van der Waals surface area contributed by atoms with Crippen LogP contribution in [-0.2, 0) is 6.54 Å². The van der Waals surface area contributed by atoms with Gasteiger partial charge in [-0.1, -0.05) is 48.9 Å². The van der Waals surface area contributed by atoms with Gasteiger partial charge in [0.1, 0.15) is 0 Å². The molecule has 1 unspecified atom stereocenters. The van der Waals surface area contributed by atoms with Crippen LogP contribution < -0.4 is 16.0 Å². The van der Waals surface area contributed by atoms with E-state index in [1.165, 1.54) is 11.1 Å². The summed E-state index contributed by atoms with van der Waals surface area (Å²) in [4.78, 5) is 16.0. The molecular formula is C21H28N4O. The number of nitrogens with one attached hydrogen (secondary N) is 3. The number of nitrogens with zero attached hydrogens (tertiary/aromatic N) is 1. The molecule has 5 nitrogen and oxygen atoms in total. The molecule has 1 amide bonds. The second-order valence-corrected chi connectivity index (χ2v) is 6.40. The van der Waals surface area contributed by atoms with Gasteiger partial charge in [0.15, 0.2) is 5.96 Å². The van der Waals surface area contributed by atoms with E-state index in [2.05, 4.69) is 59.1 Å². The summed E-state index contributed by atoms with van der Waals surface area (Å²) in [5, 5.41) is 9.30. The van der Waals surface area contributed by atoms with Crippen molar-refractivity contribution in [2.75, 3.05) is 20.6 Å². The largest absolute Gasteiger partial charge is 0.356 e. The van der Waals surface area contributed by atoms with Crippen molar-refractivity contribution in [3.05, 3.63) is 70.8 Å². The Bertz CT molecular complexity index is 770. The first kappa shape index (κ1) is 19.5. The highest BCUT2D eigenvalue weighted by Gasteiger charge is 2.08. The van der Waals surface area contributed by atoms with Crippen LogP contribution in [-0.4, -0.2) is 32.5 Å². The second kappa shape index (κ2) is 9.61. The predicted octanol–water partition coefficient (Wildman–Crippen LogP) is 2.82. The summed E-state index contributed by atoms with van der Waals surface area (Å²) in [5.41, 5.74) is 4.27. The fourth-order valence-electron chi connectivity index (χ4n) is 2.72. The van der Waals surface area contributed by atoms with Crippen LogP contribution >= 0.6 is 0 Å². The van der Waals surface area contributed by atoms with Crippen molar-refractivity contribution in [3.8, 4) is 0 Å². The lowest BCUT2D eigenvalue weighted by Crippen LogP contribution is -2.38. The first-order valence-corrected chi connectivity index (χ1v) is 8.85. The number of aryl methyl sites for hydroxylation is 1. The van der Waals surface area contributed by atoms with Crippen LogP contribution in [0.3, 0.4) is 0 Å². The Hall–Kier alpha value is -2.82. The highest BCUT2D eigenvalue weighted by Crippen LogP contribution is 2.15. The smallest absolute Gasteiger partial charge is 0.251 e. The van der Waals surface area contributed by atoms with Crippen LogP contribution in [0.4, 0.5) is 0 Å². The van der Waals surface area contributed by atoms with Gasteiger partial charge >= 0.3 is 0 Å². The average molecular weight is 352 g/mol. The van der Waals surface area contributed by atoms with Crippen molar-refractivity contribution >= 4 is 11.9 Å². The predicted molar refractivity (Wildman–Crippen MR) is 108 cm³/mol. The fourth-order valence-corrected chi connectivity index (χ4v) is 2.72. The van der Waals surface area contributed by atoms with E-state index in [-0.39, 0.29) is 5.91 Å². The van der Waals surface area contributed by atoms with Crippen molar-refractivity contribution in [3.63, 3.8) is 0 Å². The number of aliphatic imine (C=N–C) groups is 1. The van der Waals surface area contributed by atoms with E-state index < -0.39 is 0 Å². The van der Waals surface area contributed by atoms with Gasteiger partial charge in [-0.05, 0) is 36.1 Å². The minimum absolute atomic E-state index is 0.0821. The van der Waals surface area contributed by atoms with Crippen molar-refractivity contribution in [1.29, 1.82) is 0 Å². The Morgan fingerprint density at radius 2 is 1.88 bits per heavy atom. The third kappa shape index (κ3) is 5.62. The summed E-state index contributed by atoms with van der Waals surface area (Å²) in [5.74, 6) is 1.04. The zero-order chi connectivity index (χ0) is 18.9. The molecule has 0 radical (unpaired) electrons. The minimum Gasteiger partial charge on any atom is -0.356 e. The molecule has 0 saturated heterocycles. The van der Waals surface area contributed by atoms with Gasteiger partial charge in [-0.15, -0.1) is 0 Å². The molecule has 0 aliphatic carbocycles. The number of hydrogen-bond donors (Lipinski definition) is 3. The van der Waals surface area contributed by atoms with Gasteiger partial charge in [0.25, 0.3) is 5.91 Å². The van der Waals surface area contributed by atoms with Gasteiger partial charge in [0.2, 0.25) is 0 Å². The maximum Gasteiger partial charge on any atom is 0.251 e. The second-order valence-electron chi connectivity index (χ2n) is 6.40. The quantitative estimate of drug-likeness (QED) is 0.553. The molecule has 1 atom stereocenters. The number of guanidine groups is 1. The Labute approximate surface area is 155 Å². The van der Waals surface area contributed by atoms with Crippen LogP contribution in [0, 0.1) is 6.92 Å². The Kier molecular flexibility index (Phi) is 7.21. The van der Waals surface area contributed by atoms with Gasteiger partial charge in [0.05, 0.1) is 0 Å². The van der Waals surface area contributed by atoms with E-state index in [4.69, 9.17) is 0 Å². The number of carbonyl (C=O) groups excluding carboxylic acids is 1. The topological polar surface area (TPSA) is 65.5 Å². The molecule has 0 heterocycles. The third-order valence-electron chi connectivity index (χ3n) is 4.29. The molecule has 0 fully saturated rings. The lowest BCUT2D eigenvalue weighted by atomic mass is 9.99. The first-order chi connectivity index (χ1) is 12.5. The Morgan fingerprint density at radius 3 is 2.58 bits per heavy atom. The summed E-state index contributed by atoms with van der Waals surface area (Å²) >= 11 is 0. The molecule has 0 spiro atoms. The SMILES string of the molecule is CN=C(NCc1cccc(C(=O)NC)c1)NCC(C)c1cccc(C)c1. The zero-order valence-electron chi connectivity index (χ0n) is 16.0. The Morgan fingerprint density at radius 1 is 1.12 bits per heavy atom. The van der Waals surface area contributed by atoms with Gasteiger partial charge < -0.3 is 16.0 Å². The maximum absolute atomic E-state index is 11.7. The summed E-state index contributed by atoms with van der Waals surface area (Å²) in [6.07, 6.45) is 0. The molecule has 2 rings (SSSR count). The summed E-state index contributed by atoms with van der Waals surface area (Å²) in [6, 6.07) is 16.1. The molecule has 138 valence electrons. The summed E-state index contributed by atoms with van der Waals surface area (Å²) in [6.45, 7) is 5.70. The van der Waals surface area contributed by atoms with Crippen LogP contribution in [0.15, 0.2) is 53.5 Å². The zero-order valence-corrected chi connectivity index (χ0v) is 16.0. The van der Waals surface area contributed by atoms with Gasteiger partial charge in [-0.25, -0.2) is 0 Å². The molecule has 3 N–H and O–H groups in total. The standard InChI is InChI=1S/C21H28N4O/c1-15-7-5-9-18(11-15)16(2)13-24-21(23-4)25-14-17-8-6-10-19(12-17)20(26)22-3/h5-12,16H,13-14H2,1-4H3,(H,22,26)(H2,23,24,25). The van der Waals surface area contributed by atoms with Crippen molar-refractivity contribution < 1.29 is 4.79 Å². The molecule has 2 aromatic carbocycles. The number of rotatable bonds is 6. The van der Waals surface area contributed by atoms with Gasteiger partial charge in [-0.3, -0.25) is 9.79 Å². The number of amides is 1. The monoisotopic (exact) mass is 352 g/mol. The molecular weight excluding hydrogens is 324 g/mol. The van der Waals surface area contributed by atoms with E-state index in [0.717, 1.165) is 18.1 Å². The van der Waals surface area contributed by atoms with Crippen LogP contribution in [0.2, 0.25) is 0 Å². The Balaban J connectivity index is 1.89. The molecule has 0 aliphatic heterocycles. The minimum atomic E-state index is -0.0821. The van der Waals surface area contributed by atoms with Crippen LogP contribution in [0.25, 0.3) is 0 Å². The third-order valence-corrected chi connectivity index (χ3v) is 4.29. The van der Waals surface area contributed by atoms with Crippen molar-refractivity contribution in [2.45, 2.75) is 26.3 Å². The molecule has 0 aromatic heterocycles. The maximum atomic E-state index is 11.7. The summed E-state index contributed by atoms with van der Waals surface area (Å²) < 4.78 is 0. The normalized spacial score (nSPS) is 12.4.